The molecule has 0 atom stereocenters. The molecule has 0 aliphatic carbocycles. The fourth-order valence-corrected chi connectivity index (χ4v) is 1.39. The third kappa shape index (κ3) is 9.85. The molecule has 0 fully saturated rings. The van der Waals surface area contributed by atoms with E-state index >= 15 is 0 Å². The molecule has 0 spiro atoms. The molecular weight excluding hydrogens is 216 g/mol. The Bertz CT molecular complexity index is 227. The fraction of sp³-hybridized carbons (Fsp3) is 0.846. The van der Waals surface area contributed by atoms with E-state index in [2.05, 4.69) is 17.6 Å². The Balaban J connectivity index is 3.47. The predicted molar refractivity (Wildman–Crippen MR) is 69.6 cm³/mol. The first kappa shape index (κ1) is 15.9. The Morgan fingerprint density at radius 3 is 2.12 bits per heavy atom. The maximum atomic E-state index is 11.3. The molecule has 100 valence electrons. The summed E-state index contributed by atoms with van der Waals surface area (Å²) < 4.78 is 0. The van der Waals surface area contributed by atoms with E-state index in [0.29, 0.717) is 19.0 Å². The van der Waals surface area contributed by atoms with Crippen LogP contribution < -0.4 is 10.6 Å². The van der Waals surface area contributed by atoms with Gasteiger partial charge >= 0.3 is 11.8 Å². The van der Waals surface area contributed by atoms with Gasteiger partial charge in [-0.1, -0.05) is 46.5 Å². The molecule has 0 radical (unpaired) electrons. The quantitative estimate of drug-likeness (QED) is 0.504. The van der Waals surface area contributed by atoms with Crippen molar-refractivity contribution in [2.24, 2.45) is 5.92 Å². The number of unbranched alkanes of at least 4 members (excludes halogenated alkanes) is 4. The highest BCUT2D eigenvalue weighted by atomic mass is 16.2. The van der Waals surface area contributed by atoms with E-state index in [0.717, 1.165) is 12.8 Å². The van der Waals surface area contributed by atoms with Gasteiger partial charge in [-0.15, -0.1) is 0 Å². The lowest BCUT2D eigenvalue weighted by molar-refractivity contribution is -0.139. The minimum absolute atomic E-state index is 0.362. The summed E-state index contributed by atoms with van der Waals surface area (Å²) in [4.78, 5) is 22.6. The molecule has 0 heterocycles. The molecule has 0 aliphatic heterocycles. The Kier molecular flexibility index (Phi) is 9.49. The zero-order valence-electron chi connectivity index (χ0n) is 11.3. The van der Waals surface area contributed by atoms with E-state index in [4.69, 9.17) is 0 Å². The van der Waals surface area contributed by atoms with E-state index in [9.17, 15) is 9.59 Å². The molecular formula is C13H26N2O2. The smallest absolute Gasteiger partial charge is 0.309 e. The average Bonchev–Trinajstić information content (AvgIpc) is 2.30. The lowest BCUT2D eigenvalue weighted by Crippen LogP contribution is -2.41. The third-order valence-corrected chi connectivity index (χ3v) is 2.44. The monoisotopic (exact) mass is 242 g/mol. The largest absolute Gasteiger partial charge is 0.348 e. The summed E-state index contributed by atoms with van der Waals surface area (Å²) >= 11 is 0. The van der Waals surface area contributed by atoms with E-state index in [-0.39, 0.29) is 0 Å². The number of nitrogens with one attached hydrogen (secondary N) is 2. The van der Waals surface area contributed by atoms with E-state index < -0.39 is 11.8 Å². The van der Waals surface area contributed by atoms with Crippen LogP contribution >= 0.6 is 0 Å². The van der Waals surface area contributed by atoms with Crippen LogP contribution in [0.5, 0.6) is 0 Å². The first-order valence-electron chi connectivity index (χ1n) is 6.64. The van der Waals surface area contributed by atoms with Crippen molar-refractivity contribution in [1.29, 1.82) is 0 Å². The van der Waals surface area contributed by atoms with Crippen LogP contribution in [-0.4, -0.2) is 24.9 Å². The van der Waals surface area contributed by atoms with E-state index in [1.807, 2.05) is 13.8 Å². The lowest BCUT2D eigenvalue weighted by Gasteiger charge is -2.08. The lowest BCUT2D eigenvalue weighted by atomic mass is 10.1. The Morgan fingerprint density at radius 1 is 0.941 bits per heavy atom. The third-order valence-electron chi connectivity index (χ3n) is 2.44. The van der Waals surface area contributed by atoms with Crippen LogP contribution in [0, 0.1) is 5.92 Å². The van der Waals surface area contributed by atoms with E-state index in [1.54, 1.807) is 0 Å². The van der Waals surface area contributed by atoms with Gasteiger partial charge in [-0.25, -0.2) is 0 Å². The second kappa shape index (κ2) is 10.1. The number of carbonyl (C=O) groups is 2. The Morgan fingerprint density at radius 2 is 1.53 bits per heavy atom. The van der Waals surface area contributed by atoms with Crippen LogP contribution in [0.15, 0.2) is 0 Å². The molecule has 2 amide bonds. The molecule has 0 rings (SSSR count). The highest BCUT2D eigenvalue weighted by Crippen LogP contribution is 2.00. The van der Waals surface area contributed by atoms with Gasteiger partial charge in [-0.2, -0.15) is 0 Å². The van der Waals surface area contributed by atoms with Crippen LogP contribution in [0.4, 0.5) is 0 Å². The second-order valence-corrected chi connectivity index (χ2v) is 4.77. The van der Waals surface area contributed by atoms with Crippen LogP contribution in [0.3, 0.4) is 0 Å². The summed E-state index contributed by atoms with van der Waals surface area (Å²) in [6.45, 7) is 7.29. The maximum absolute atomic E-state index is 11.3. The van der Waals surface area contributed by atoms with Gasteiger partial charge in [0.15, 0.2) is 0 Å². The van der Waals surface area contributed by atoms with Crippen molar-refractivity contribution in [3.63, 3.8) is 0 Å². The van der Waals surface area contributed by atoms with Gasteiger partial charge in [0.25, 0.3) is 0 Å². The summed E-state index contributed by atoms with van der Waals surface area (Å²) in [7, 11) is 0. The number of hydrogen-bond acceptors (Lipinski definition) is 2. The van der Waals surface area contributed by atoms with Crippen LogP contribution in [0.25, 0.3) is 0 Å². The molecule has 0 saturated heterocycles. The molecule has 4 nitrogen and oxygen atoms in total. The topological polar surface area (TPSA) is 58.2 Å². The minimum Gasteiger partial charge on any atom is -0.348 e. The minimum atomic E-state index is -0.521. The summed E-state index contributed by atoms with van der Waals surface area (Å²) in [5, 5.41) is 5.22. The van der Waals surface area contributed by atoms with Gasteiger partial charge in [0.05, 0.1) is 0 Å². The highest BCUT2D eigenvalue weighted by molar-refractivity contribution is 6.35. The first-order valence-corrected chi connectivity index (χ1v) is 6.64. The number of rotatable bonds is 8. The molecule has 0 saturated carbocycles. The fourth-order valence-electron chi connectivity index (χ4n) is 1.39. The van der Waals surface area contributed by atoms with Crippen molar-refractivity contribution in [2.45, 2.75) is 52.9 Å². The van der Waals surface area contributed by atoms with Gasteiger partial charge in [-0.05, 0) is 12.3 Å². The molecule has 0 aromatic carbocycles. The first-order chi connectivity index (χ1) is 8.07. The van der Waals surface area contributed by atoms with Gasteiger partial charge in [-0.3, -0.25) is 9.59 Å². The van der Waals surface area contributed by atoms with Crippen molar-refractivity contribution in [2.75, 3.05) is 13.1 Å². The molecule has 0 aromatic rings. The molecule has 0 aliphatic rings. The number of carbonyl (C=O) groups excluding carboxylic acids is 2. The van der Waals surface area contributed by atoms with E-state index in [1.165, 1.54) is 19.3 Å². The van der Waals surface area contributed by atoms with Crippen molar-refractivity contribution in [3.8, 4) is 0 Å². The van der Waals surface area contributed by atoms with Crippen LogP contribution in [0.2, 0.25) is 0 Å². The normalized spacial score (nSPS) is 10.4. The number of hydrogen-bond donors (Lipinski definition) is 2. The predicted octanol–water partition coefficient (Wildman–Crippen LogP) is 1.85. The molecule has 2 N–H and O–H groups in total. The van der Waals surface area contributed by atoms with Crippen molar-refractivity contribution < 1.29 is 9.59 Å². The van der Waals surface area contributed by atoms with Gasteiger partial charge in [0, 0.05) is 13.1 Å². The van der Waals surface area contributed by atoms with Gasteiger partial charge in [0.2, 0.25) is 0 Å². The Labute approximate surface area is 105 Å². The van der Waals surface area contributed by atoms with Crippen molar-refractivity contribution in [1.82, 2.24) is 10.6 Å². The SMILES string of the molecule is CCCCCCCNC(=O)C(=O)NCC(C)C. The average molecular weight is 242 g/mol. The zero-order valence-corrected chi connectivity index (χ0v) is 11.3. The van der Waals surface area contributed by atoms with Crippen molar-refractivity contribution in [3.05, 3.63) is 0 Å². The van der Waals surface area contributed by atoms with Gasteiger partial charge in [0.1, 0.15) is 0 Å². The molecule has 0 unspecified atom stereocenters. The van der Waals surface area contributed by atoms with Gasteiger partial charge < -0.3 is 10.6 Å². The molecule has 0 bridgehead atoms. The summed E-state index contributed by atoms with van der Waals surface area (Å²) in [6.07, 6.45) is 5.71. The standard InChI is InChI=1S/C13H26N2O2/c1-4-5-6-7-8-9-14-12(16)13(17)15-10-11(2)3/h11H,4-10H2,1-3H3,(H,14,16)(H,15,17). The summed E-state index contributed by atoms with van der Waals surface area (Å²) in [5.74, 6) is -0.672. The highest BCUT2D eigenvalue weighted by Gasteiger charge is 2.11. The van der Waals surface area contributed by atoms with Crippen LogP contribution in [0.1, 0.15) is 52.9 Å². The maximum Gasteiger partial charge on any atom is 0.309 e. The zero-order chi connectivity index (χ0) is 13.1. The second-order valence-electron chi connectivity index (χ2n) is 4.77. The number of amides is 2. The Hall–Kier alpha value is -1.06. The van der Waals surface area contributed by atoms with Crippen LogP contribution in [-0.2, 0) is 9.59 Å². The summed E-state index contributed by atoms with van der Waals surface area (Å²) in [6, 6.07) is 0. The molecule has 4 heteroatoms. The molecule has 0 aromatic heterocycles. The molecule has 17 heavy (non-hydrogen) atoms. The summed E-state index contributed by atoms with van der Waals surface area (Å²) in [5.41, 5.74) is 0. The van der Waals surface area contributed by atoms with Crippen molar-refractivity contribution >= 4 is 11.8 Å².